The molecule has 3 fully saturated rings. The van der Waals surface area contributed by atoms with Gasteiger partial charge in [-0.15, -0.1) is 0 Å². The van der Waals surface area contributed by atoms with Gasteiger partial charge in [0.1, 0.15) is 0 Å². The van der Waals surface area contributed by atoms with Crippen LogP contribution in [0.2, 0.25) is 0 Å². The van der Waals surface area contributed by atoms with Crippen molar-refractivity contribution >= 4 is 17.8 Å². The quantitative estimate of drug-likeness (QED) is 0.756. The van der Waals surface area contributed by atoms with Gasteiger partial charge in [0.2, 0.25) is 11.8 Å². The van der Waals surface area contributed by atoms with Crippen molar-refractivity contribution in [2.75, 3.05) is 6.54 Å². The second-order valence-corrected chi connectivity index (χ2v) is 5.73. The lowest BCUT2D eigenvalue weighted by Crippen LogP contribution is -2.41. The van der Waals surface area contributed by atoms with Crippen LogP contribution >= 0.6 is 0 Å². The highest BCUT2D eigenvalue weighted by Crippen LogP contribution is 2.47. The molecule has 1 N–H and O–H groups in total. The molecule has 0 spiro atoms. The van der Waals surface area contributed by atoms with Gasteiger partial charge in [0.05, 0.1) is 17.8 Å². The van der Waals surface area contributed by atoms with E-state index in [4.69, 9.17) is 0 Å². The lowest BCUT2D eigenvalue weighted by Gasteiger charge is -2.31. The summed E-state index contributed by atoms with van der Waals surface area (Å²) in [6.45, 7) is 0.321. The van der Waals surface area contributed by atoms with E-state index in [1.165, 1.54) is 4.90 Å². The Labute approximate surface area is 105 Å². The Morgan fingerprint density at radius 2 is 1.78 bits per heavy atom. The third-order valence-electron chi connectivity index (χ3n) is 4.60. The maximum absolute atomic E-state index is 11.9. The molecule has 0 bridgehead atoms. The van der Waals surface area contributed by atoms with E-state index in [9.17, 15) is 19.5 Å². The molecule has 18 heavy (non-hydrogen) atoms. The molecule has 3 rings (SSSR count). The molecule has 98 valence electrons. The smallest absolute Gasteiger partial charge is 0.306 e. The Hall–Kier alpha value is -1.39. The first kappa shape index (κ1) is 11.7. The van der Waals surface area contributed by atoms with E-state index in [1.807, 2.05) is 0 Å². The van der Waals surface area contributed by atoms with Gasteiger partial charge in [-0.25, -0.2) is 0 Å². The zero-order valence-electron chi connectivity index (χ0n) is 10.2. The fraction of sp³-hybridized carbons (Fsp3) is 0.769. The van der Waals surface area contributed by atoms with Crippen LogP contribution in [0, 0.1) is 23.7 Å². The van der Waals surface area contributed by atoms with Gasteiger partial charge in [-0.3, -0.25) is 19.3 Å². The number of hydrogen-bond acceptors (Lipinski definition) is 3. The van der Waals surface area contributed by atoms with Crippen molar-refractivity contribution in [3.8, 4) is 0 Å². The topological polar surface area (TPSA) is 74.7 Å². The number of rotatable bonds is 3. The summed E-state index contributed by atoms with van der Waals surface area (Å²) >= 11 is 0. The molecule has 0 aromatic carbocycles. The van der Waals surface area contributed by atoms with Gasteiger partial charge in [-0.2, -0.15) is 0 Å². The average Bonchev–Trinajstić information content (AvgIpc) is 3.10. The number of piperidine rings is 1. The summed E-state index contributed by atoms with van der Waals surface area (Å²) in [5.74, 6) is -1.53. The first-order valence-corrected chi connectivity index (χ1v) is 6.67. The second-order valence-electron chi connectivity index (χ2n) is 5.73. The zero-order valence-corrected chi connectivity index (χ0v) is 10.2. The highest BCUT2D eigenvalue weighted by molar-refractivity contribution is 6.08. The molecule has 4 atom stereocenters. The summed E-state index contributed by atoms with van der Waals surface area (Å²) in [7, 11) is 0. The van der Waals surface area contributed by atoms with Gasteiger partial charge in [0.15, 0.2) is 0 Å². The van der Waals surface area contributed by atoms with Crippen molar-refractivity contribution < 1.29 is 19.5 Å². The predicted octanol–water partition coefficient (Wildman–Crippen LogP) is 0.882. The first-order valence-electron chi connectivity index (χ1n) is 6.67. The van der Waals surface area contributed by atoms with E-state index in [0.29, 0.717) is 19.4 Å². The predicted molar refractivity (Wildman–Crippen MR) is 61.4 cm³/mol. The normalized spacial score (nSPS) is 38.8. The van der Waals surface area contributed by atoms with E-state index in [2.05, 4.69) is 0 Å². The standard InChI is InChI=1S/C13H17NO4/c15-11-9-5-10(9)12(16)14(11)6-7-3-1-2-4-8(7)13(17)18/h7-10H,1-6H2,(H,17,18). The molecular weight excluding hydrogens is 234 g/mol. The molecular formula is C13H17NO4. The lowest BCUT2D eigenvalue weighted by atomic mass is 9.79. The molecule has 3 aliphatic rings. The largest absolute Gasteiger partial charge is 0.481 e. The first-order chi connectivity index (χ1) is 8.59. The zero-order chi connectivity index (χ0) is 12.9. The van der Waals surface area contributed by atoms with Crippen LogP contribution in [0.15, 0.2) is 0 Å². The van der Waals surface area contributed by atoms with Gasteiger partial charge >= 0.3 is 5.97 Å². The Kier molecular flexibility index (Phi) is 2.64. The Morgan fingerprint density at radius 3 is 2.39 bits per heavy atom. The number of aliphatic carboxylic acids is 1. The van der Waals surface area contributed by atoms with E-state index >= 15 is 0 Å². The van der Waals surface area contributed by atoms with Gasteiger partial charge in [-0.05, 0) is 25.2 Å². The molecule has 5 heteroatoms. The number of carboxylic acid groups (broad SMARTS) is 1. The molecule has 4 unspecified atom stereocenters. The van der Waals surface area contributed by atoms with E-state index in [1.54, 1.807) is 0 Å². The van der Waals surface area contributed by atoms with Crippen LogP contribution < -0.4 is 0 Å². The van der Waals surface area contributed by atoms with Crippen LogP contribution in [0.1, 0.15) is 32.1 Å². The third-order valence-corrected chi connectivity index (χ3v) is 4.60. The number of likely N-dealkylation sites (tertiary alicyclic amines) is 1. The van der Waals surface area contributed by atoms with E-state index < -0.39 is 11.9 Å². The third kappa shape index (κ3) is 1.72. The molecule has 1 aliphatic heterocycles. The molecule has 0 aromatic heterocycles. The van der Waals surface area contributed by atoms with Crippen LogP contribution in [0.4, 0.5) is 0 Å². The summed E-state index contributed by atoms with van der Waals surface area (Å²) in [6.07, 6.45) is 4.12. The molecule has 1 heterocycles. The number of carbonyl (C=O) groups is 3. The Bertz CT molecular complexity index is 399. The summed E-state index contributed by atoms with van der Waals surface area (Å²) in [5, 5.41) is 9.19. The van der Waals surface area contributed by atoms with Gasteiger partial charge in [-0.1, -0.05) is 12.8 Å². The monoisotopic (exact) mass is 251 g/mol. The SMILES string of the molecule is O=C(O)C1CCCCC1CN1C(=O)C2CC2C1=O. The van der Waals surface area contributed by atoms with E-state index in [0.717, 1.165) is 19.3 Å². The van der Waals surface area contributed by atoms with Crippen LogP contribution in [-0.2, 0) is 14.4 Å². The molecule has 2 saturated carbocycles. The van der Waals surface area contributed by atoms with Gasteiger partial charge in [0.25, 0.3) is 0 Å². The summed E-state index contributed by atoms with van der Waals surface area (Å²) < 4.78 is 0. The number of amides is 2. The summed E-state index contributed by atoms with van der Waals surface area (Å²) in [6, 6.07) is 0. The van der Waals surface area contributed by atoms with Crippen molar-refractivity contribution in [1.29, 1.82) is 0 Å². The van der Waals surface area contributed by atoms with Crippen molar-refractivity contribution in [3.05, 3.63) is 0 Å². The van der Waals surface area contributed by atoms with Gasteiger partial charge < -0.3 is 5.11 Å². The number of nitrogens with zero attached hydrogens (tertiary/aromatic N) is 1. The van der Waals surface area contributed by atoms with Gasteiger partial charge in [0, 0.05) is 6.54 Å². The fourth-order valence-electron chi connectivity index (χ4n) is 3.42. The minimum Gasteiger partial charge on any atom is -0.481 e. The molecule has 5 nitrogen and oxygen atoms in total. The average molecular weight is 251 g/mol. The number of fused-ring (bicyclic) bond motifs is 1. The molecule has 2 amide bonds. The maximum Gasteiger partial charge on any atom is 0.306 e. The summed E-state index contributed by atoms with van der Waals surface area (Å²) in [4.78, 5) is 36.2. The maximum atomic E-state index is 11.9. The number of carbonyl (C=O) groups excluding carboxylic acids is 2. The minimum atomic E-state index is -0.788. The Balaban J connectivity index is 1.69. The van der Waals surface area contributed by atoms with Crippen molar-refractivity contribution in [3.63, 3.8) is 0 Å². The number of carboxylic acids is 1. The molecule has 2 aliphatic carbocycles. The van der Waals surface area contributed by atoms with E-state index in [-0.39, 0.29) is 29.6 Å². The van der Waals surface area contributed by atoms with Crippen molar-refractivity contribution in [2.24, 2.45) is 23.7 Å². The molecule has 1 saturated heterocycles. The summed E-state index contributed by atoms with van der Waals surface area (Å²) in [5.41, 5.74) is 0. The van der Waals surface area contributed by atoms with Crippen LogP contribution in [0.3, 0.4) is 0 Å². The number of imide groups is 1. The minimum absolute atomic E-state index is 0.0540. The van der Waals surface area contributed by atoms with Crippen molar-refractivity contribution in [2.45, 2.75) is 32.1 Å². The Morgan fingerprint density at radius 1 is 1.17 bits per heavy atom. The van der Waals surface area contributed by atoms with Crippen LogP contribution in [0.25, 0.3) is 0 Å². The molecule has 0 aromatic rings. The van der Waals surface area contributed by atoms with Crippen LogP contribution in [-0.4, -0.2) is 34.3 Å². The lowest BCUT2D eigenvalue weighted by molar-refractivity contribution is -0.149. The van der Waals surface area contributed by atoms with Crippen LogP contribution in [0.5, 0.6) is 0 Å². The number of hydrogen-bond donors (Lipinski definition) is 1. The second kappa shape index (κ2) is 4.07. The fourth-order valence-corrected chi connectivity index (χ4v) is 3.42. The highest BCUT2D eigenvalue weighted by atomic mass is 16.4. The van der Waals surface area contributed by atoms with Crippen molar-refractivity contribution in [1.82, 2.24) is 4.90 Å². The highest BCUT2D eigenvalue weighted by Gasteiger charge is 2.59. The molecule has 0 radical (unpaired) electrons.